The van der Waals surface area contributed by atoms with E-state index >= 15 is 0 Å². The number of piperidine rings is 1. The molecule has 1 saturated heterocycles. The van der Waals surface area contributed by atoms with Crippen LogP contribution in [0.2, 0.25) is 0 Å². The van der Waals surface area contributed by atoms with Gasteiger partial charge >= 0.3 is 0 Å². The number of carbonyl (C=O) groups is 2. The van der Waals surface area contributed by atoms with E-state index in [2.05, 4.69) is 5.32 Å². The zero-order valence-electron chi connectivity index (χ0n) is 18.7. The first-order chi connectivity index (χ1) is 16.0. The van der Waals surface area contributed by atoms with E-state index in [9.17, 15) is 14.0 Å². The minimum Gasteiger partial charge on any atom is -0.369 e. The molecule has 0 atom stereocenters. The van der Waals surface area contributed by atoms with Gasteiger partial charge in [-0.1, -0.05) is 54.6 Å². The molecule has 1 fully saturated rings. The molecule has 0 unspecified atom stereocenters. The van der Waals surface area contributed by atoms with Crippen molar-refractivity contribution in [3.05, 3.63) is 95.8 Å². The van der Waals surface area contributed by atoms with Gasteiger partial charge in [0.15, 0.2) is 0 Å². The zero-order valence-corrected chi connectivity index (χ0v) is 18.7. The van der Waals surface area contributed by atoms with Crippen LogP contribution in [0.1, 0.15) is 28.8 Å². The van der Waals surface area contributed by atoms with Crippen molar-refractivity contribution < 1.29 is 14.0 Å². The molecule has 3 aromatic rings. The molecule has 0 spiro atoms. The minimum atomic E-state index is -0.243. The third kappa shape index (κ3) is 5.40. The van der Waals surface area contributed by atoms with Crippen LogP contribution in [0.15, 0.2) is 78.9 Å². The van der Waals surface area contributed by atoms with E-state index in [1.165, 1.54) is 6.07 Å². The van der Waals surface area contributed by atoms with Crippen molar-refractivity contribution >= 4 is 23.2 Å². The topological polar surface area (TPSA) is 52.7 Å². The van der Waals surface area contributed by atoms with E-state index in [0.717, 1.165) is 5.56 Å². The van der Waals surface area contributed by atoms with Gasteiger partial charge < -0.3 is 15.1 Å². The number of anilines is 2. The highest BCUT2D eigenvalue weighted by Gasteiger charge is 2.27. The predicted molar refractivity (Wildman–Crippen MR) is 129 cm³/mol. The summed E-state index contributed by atoms with van der Waals surface area (Å²) in [6, 6.07) is 23.6. The van der Waals surface area contributed by atoms with Gasteiger partial charge in [-0.15, -0.1) is 0 Å². The third-order valence-corrected chi connectivity index (χ3v) is 6.08. The number of halogens is 1. The van der Waals surface area contributed by atoms with E-state index in [1.807, 2.05) is 47.4 Å². The van der Waals surface area contributed by atoms with Crippen LogP contribution in [-0.2, 0) is 11.3 Å². The molecule has 1 aliphatic heterocycles. The van der Waals surface area contributed by atoms with Gasteiger partial charge in [0.1, 0.15) is 5.82 Å². The van der Waals surface area contributed by atoms with Crippen molar-refractivity contribution in [3.63, 3.8) is 0 Å². The molecular weight excluding hydrogens is 417 g/mol. The van der Waals surface area contributed by atoms with Crippen molar-refractivity contribution in [2.45, 2.75) is 19.4 Å². The van der Waals surface area contributed by atoms with Crippen molar-refractivity contribution in [1.29, 1.82) is 0 Å². The lowest BCUT2D eigenvalue weighted by atomic mass is 9.95. The van der Waals surface area contributed by atoms with Gasteiger partial charge in [0.25, 0.3) is 5.91 Å². The maximum atomic E-state index is 14.1. The maximum absolute atomic E-state index is 14.1. The molecule has 0 aliphatic carbocycles. The van der Waals surface area contributed by atoms with Gasteiger partial charge in [-0.3, -0.25) is 9.59 Å². The Kier molecular flexibility index (Phi) is 7.03. The van der Waals surface area contributed by atoms with Crippen LogP contribution >= 0.6 is 0 Å². The third-order valence-electron chi connectivity index (χ3n) is 6.08. The Morgan fingerprint density at radius 2 is 1.58 bits per heavy atom. The SMILES string of the molecule is CN(Cc1ccccc1)C(=O)c1ccccc1NC(=O)C1CCN(c2ccccc2F)CC1. The summed E-state index contributed by atoms with van der Waals surface area (Å²) in [4.78, 5) is 29.7. The predicted octanol–water partition coefficient (Wildman–Crippen LogP) is 4.95. The Bertz CT molecular complexity index is 1110. The zero-order chi connectivity index (χ0) is 23.2. The first kappa shape index (κ1) is 22.5. The molecule has 6 heteroatoms. The van der Waals surface area contributed by atoms with E-state index in [0.29, 0.717) is 49.4 Å². The Morgan fingerprint density at radius 1 is 0.939 bits per heavy atom. The van der Waals surface area contributed by atoms with E-state index in [4.69, 9.17) is 0 Å². The van der Waals surface area contributed by atoms with Crippen molar-refractivity contribution in [2.75, 3.05) is 30.4 Å². The smallest absolute Gasteiger partial charge is 0.256 e. The fourth-order valence-corrected chi connectivity index (χ4v) is 4.24. The van der Waals surface area contributed by atoms with E-state index in [-0.39, 0.29) is 23.5 Å². The number of hydrogen-bond donors (Lipinski definition) is 1. The first-order valence-corrected chi connectivity index (χ1v) is 11.2. The van der Waals surface area contributed by atoms with Crippen molar-refractivity contribution in [3.8, 4) is 0 Å². The second-order valence-electron chi connectivity index (χ2n) is 8.39. The van der Waals surface area contributed by atoms with Gasteiger partial charge in [0.2, 0.25) is 5.91 Å². The van der Waals surface area contributed by atoms with Crippen LogP contribution in [0.3, 0.4) is 0 Å². The van der Waals surface area contributed by atoms with Gasteiger partial charge in [-0.25, -0.2) is 4.39 Å². The van der Waals surface area contributed by atoms with Gasteiger partial charge in [0.05, 0.1) is 16.9 Å². The first-order valence-electron chi connectivity index (χ1n) is 11.2. The van der Waals surface area contributed by atoms with Crippen LogP contribution in [0.4, 0.5) is 15.8 Å². The summed E-state index contributed by atoms with van der Waals surface area (Å²) < 4.78 is 14.1. The lowest BCUT2D eigenvalue weighted by Crippen LogP contribution is -2.38. The minimum absolute atomic E-state index is 0.103. The molecular formula is C27H28FN3O2. The van der Waals surface area contributed by atoms with E-state index in [1.54, 1.807) is 42.3 Å². The van der Waals surface area contributed by atoms with Crippen LogP contribution in [0, 0.1) is 11.7 Å². The normalized spacial score (nSPS) is 14.1. The highest BCUT2D eigenvalue weighted by molar-refractivity contribution is 6.04. The number of carbonyl (C=O) groups excluding carboxylic acids is 2. The molecule has 4 rings (SSSR count). The molecule has 1 N–H and O–H groups in total. The quantitative estimate of drug-likeness (QED) is 0.584. The molecule has 2 amide bonds. The van der Waals surface area contributed by atoms with Crippen LogP contribution < -0.4 is 10.2 Å². The van der Waals surface area contributed by atoms with Gasteiger partial charge in [-0.05, 0) is 42.7 Å². The van der Waals surface area contributed by atoms with Crippen molar-refractivity contribution in [1.82, 2.24) is 4.90 Å². The number of amides is 2. The Morgan fingerprint density at radius 3 is 2.30 bits per heavy atom. The highest BCUT2D eigenvalue weighted by Crippen LogP contribution is 2.27. The summed E-state index contributed by atoms with van der Waals surface area (Å²) in [5, 5.41) is 2.97. The fraction of sp³-hybridized carbons (Fsp3) is 0.259. The Hall–Kier alpha value is -3.67. The monoisotopic (exact) mass is 445 g/mol. The molecule has 170 valence electrons. The van der Waals surface area contributed by atoms with Crippen LogP contribution in [0.25, 0.3) is 0 Å². The summed E-state index contributed by atoms with van der Waals surface area (Å²) in [5.41, 5.74) is 2.60. The number of nitrogens with zero attached hydrogens (tertiary/aromatic N) is 2. The summed E-state index contributed by atoms with van der Waals surface area (Å²) in [6.07, 6.45) is 1.26. The highest BCUT2D eigenvalue weighted by atomic mass is 19.1. The lowest BCUT2D eigenvalue weighted by Gasteiger charge is -2.33. The number of benzene rings is 3. The standard InChI is InChI=1S/C27H28FN3O2/c1-30(19-20-9-3-2-4-10-20)27(33)22-11-5-7-13-24(22)29-26(32)21-15-17-31(18-16-21)25-14-8-6-12-23(25)28/h2-14,21H,15-19H2,1H3,(H,29,32). The number of hydrogen-bond acceptors (Lipinski definition) is 3. The maximum Gasteiger partial charge on any atom is 0.256 e. The van der Waals surface area contributed by atoms with Crippen LogP contribution in [0.5, 0.6) is 0 Å². The average molecular weight is 446 g/mol. The van der Waals surface area contributed by atoms with E-state index < -0.39 is 0 Å². The summed E-state index contributed by atoms with van der Waals surface area (Å²) in [6.45, 7) is 1.70. The molecule has 5 nitrogen and oxygen atoms in total. The molecule has 0 aromatic heterocycles. The van der Waals surface area contributed by atoms with Gasteiger partial charge in [-0.2, -0.15) is 0 Å². The Balaban J connectivity index is 1.39. The second-order valence-corrected chi connectivity index (χ2v) is 8.39. The summed E-state index contributed by atoms with van der Waals surface area (Å²) >= 11 is 0. The number of rotatable bonds is 6. The Labute approximate surface area is 193 Å². The average Bonchev–Trinajstić information content (AvgIpc) is 2.85. The molecule has 1 heterocycles. The number of para-hydroxylation sites is 2. The van der Waals surface area contributed by atoms with Gasteiger partial charge in [0, 0.05) is 32.6 Å². The van der Waals surface area contributed by atoms with Crippen molar-refractivity contribution in [2.24, 2.45) is 5.92 Å². The molecule has 0 radical (unpaired) electrons. The molecule has 0 bridgehead atoms. The second kappa shape index (κ2) is 10.3. The number of nitrogens with one attached hydrogen (secondary N) is 1. The fourth-order valence-electron chi connectivity index (χ4n) is 4.24. The molecule has 1 aliphatic rings. The molecule has 33 heavy (non-hydrogen) atoms. The summed E-state index contributed by atoms with van der Waals surface area (Å²) in [7, 11) is 1.76. The largest absolute Gasteiger partial charge is 0.369 e. The lowest BCUT2D eigenvalue weighted by molar-refractivity contribution is -0.120. The molecule has 0 saturated carbocycles. The summed E-state index contributed by atoms with van der Waals surface area (Å²) in [5.74, 6) is -0.677. The molecule has 3 aromatic carbocycles. The van der Waals surface area contributed by atoms with Crippen LogP contribution in [-0.4, -0.2) is 36.9 Å².